The van der Waals surface area contributed by atoms with Crippen molar-refractivity contribution in [3.63, 3.8) is 0 Å². The molecule has 6 heteroatoms. The molecule has 104 valence electrons. The molecule has 1 aromatic carbocycles. The second-order valence-corrected chi connectivity index (χ2v) is 5.08. The van der Waals surface area contributed by atoms with Crippen LogP contribution in [0, 0.1) is 6.92 Å². The summed E-state index contributed by atoms with van der Waals surface area (Å²) in [7, 11) is 1.32. The van der Waals surface area contributed by atoms with E-state index in [0.29, 0.717) is 0 Å². The Bertz CT molecular complexity index is 590. The van der Waals surface area contributed by atoms with Crippen molar-refractivity contribution in [3.8, 4) is 0 Å². The fourth-order valence-corrected chi connectivity index (χ4v) is 2.41. The normalized spacial score (nSPS) is 9.90. The number of ether oxygens (including phenoxy) is 1. The van der Waals surface area contributed by atoms with Gasteiger partial charge in [0, 0.05) is 11.1 Å². The minimum atomic E-state index is -0.531. The van der Waals surface area contributed by atoms with Gasteiger partial charge in [-0.25, -0.2) is 15.2 Å². The van der Waals surface area contributed by atoms with E-state index in [0.717, 1.165) is 21.2 Å². The predicted octanol–water partition coefficient (Wildman–Crippen LogP) is 3.22. The number of anilines is 1. The smallest absolute Gasteiger partial charge is 0.425 e. The molecule has 0 atom stereocenters. The third-order valence-corrected chi connectivity index (χ3v) is 3.48. The van der Waals surface area contributed by atoms with Crippen LogP contribution in [-0.2, 0) is 4.74 Å². The largest absolute Gasteiger partial charge is 0.452 e. The Morgan fingerprint density at radius 1 is 1.30 bits per heavy atom. The van der Waals surface area contributed by atoms with Crippen LogP contribution in [0.15, 0.2) is 52.5 Å². The Morgan fingerprint density at radius 2 is 2.15 bits per heavy atom. The molecule has 1 aromatic heterocycles. The van der Waals surface area contributed by atoms with Gasteiger partial charge in [0.2, 0.25) is 0 Å². The molecule has 20 heavy (non-hydrogen) atoms. The van der Waals surface area contributed by atoms with Crippen LogP contribution in [0.1, 0.15) is 5.56 Å². The number of nitrogens with zero attached hydrogens (tertiary/aromatic N) is 1. The molecule has 0 saturated heterocycles. The number of nitrogens with one attached hydrogen (secondary N) is 2. The van der Waals surface area contributed by atoms with E-state index in [-0.39, 0.29) is 0 Å². The number of rotatable bonds is 4. The summed E-state index contributed by atoms with van der Waals surface area (Å²) < 4.78 is 4.49. The molecule has 0 aliphatic carbocycles. The molecule has 0 spiro atoms. The van der Waals surface area contributed by atoms with Crippen molar-refractivity contribution in [2.24, 2.45) is 0 Å². The highest BCUT2D eigenvalue weighted by Crippen LogP contribution is 2.28. The summed E-state index contributed by atoms with van der Waals surface area (Å²) in [6.45, 7) is 1.96. The number of hydrogen-bond donors (Lipinski definition) is 2. The number of carbonyl (C=O) groups is 1. The van der Waals surface area contributed by atoms with Crippen LogP contribution in [-0.4, -0.2) is 18.2 Å². The number of methoxy groups -OCH3 is 1. The van der Waals surface area contributed by atoms with Gasteiger partial charge < -0.3 is 4.74 Å². The van der Waals surface area contributed by atoms with Gasteiger partial charge in [-0.3, -0.25) is 5.43 Å². The van der Waals surface area contributed by atoms with Gasteiger partial charge >= 0.3 is 6.09 Å². The highest BCUT2D eigenvalue weighted by atomic mass is 32.2. The van der Waals surface area contributed by atoms with Crippen LogP contribution in [0.25, 0.3) is 0 Å². The first kappa shape index (κ1) is 14.2. The number of aromatic nitrogens is 1. The van der Waals surface area contributed by atoms with Gasteiger partial charge in [0.25, 0.3) is 0 Å². The quantitative estimate of drug-likeness (QED) is 0.846. The molecular weight excluding hydrogens is 274 g/mol. The SMILES string of the molecule is COC(=O)NNc1ccc(Sc2ccccn2)cc1C. The van der Waals surface area contributed by atoms with E-state index < -0.39 is 6.09 Å². The number of carbonyl (C=O) groups excluding carboxylic acids is 1. The standard InChI is InChI=1S/C14H15N3O2S/c1-10-9-11(20-13-5-3-4-8-15-13)6-7-12(10)16-17-14(18)19-2/h3-9,16H,1-2H3,(H,17,18). The summed E-state index contributed by atoms with van der Waals surface area (Å²) in [6.07, 6.45) is 1.24. The number of hydrogen-bond acceptors (Lipinski definition) is 5. The van der Waals surface area contributed by atoms with Crippen LogP contribution < -0.4 is 10.9 Å². The lowest BCUT2D eigenvalue weighted by Gasteiger charge is -2.11. The van der Waals surface area contributed by atoms with Gasteiger partial charge in [0.1, 0.15) is 5.03 Å². The first-order valence-corrected chi connectivity index (χ1v) is 6.80. The number of benzene rings is 1. The fourth-order valence-electron chi connectivity index (χ4n) is 1.54. The summed E-state index contributed by atoms with van der Waals surface area (Å²) in [5, 5.41) is 0.945. The monoisotopic (exact) mass is 289 g/mol. The number of amides is 1. The topological polar surface area (TPSA) is 63.2 Å². The third kappa shape index (κ3) is 3.89. The Morgan fingerprint density at radius 3 is 2.80 bits per heavy atom. The Balaban J connectivity index is 2.04. The van der Waals surface area contributed by atoms with E-state index in [1.54, 1.807) is 18.0 Å². The summed E-state index contributed by atoms with van der Waals surface area (Å²) in [5.74, 6) is 0. The van der Waals surface area contributed by atoms with Crippen LogP contribution in [0.3, 0.4) is 0 Å². The van der Waals surface area contributed by atoms with E-state index >= 15 is 0 Å². The molecule has 2 rings (SSSR count). The lowest BCUT2D eigenvalue weighted by molar-refractivity contribution is 0.173. The molecule has 1 amide bonds. The van der Waals surface area contributed by atoms with Crippen molar-refractivity contribution < 1.29 is 9.53 Å². The second-order valence-electron chi connectivity index (χ2n) is 3.99. The highest BCUT2D eigenvalue weighted by molar-refractivity contribution is 7.99. The molecule has 0 radical (unpaired) electrons. The maximum atomic E-state index is 11.0. The van der Waals surface area contributed by atoms with Gasteiger partial charge in [-0.05, 0) is 42.8 Å². The zero-order valence-electron chi connectivity index (χ0n) is 11.2. The molecule has 2 N–H and O–H groups in total. The molecule has 0 aliphatic heterocycles. The third-order valence-electron chi connectivity index (χ3n) is 2.54. The first-order chi connectivity index (χ1) is 9.69. The average molecular weight is 289 g/mol. The number of aryl methyl sites for hydroxylation is 1. The molecule has 1 heterocycles. The summed E-state index contributed by atoms with van der Waals surface area (Å²) >= 11 is 1.59. The van der Waals surface area contributed by atoms with Gasteiger partial charge in [0.05, 0.1) is 12.8 Å². The predicted molar refractivity (Wildman–Crippen MR) is 78.7 cm³/mol. The maximum absolute atomic E-state index is 11.0. The van der Waals surface area contributed by atoms with Crippen LogP contribution in [0.4, 0.5) is 10.5 Å². The number of hydrazine groups is 1. The average Bonchev–Trinajstić information content (AvgIpc) is 2.47. The minimum absolute atomic E-state index is 0.531. The highest BCUT2D eigenvalue weighted by Gasteiger charge is 2.04. The van der Waals surface area contributed by atoms with Gasteiger partial charge in [0.15, 0.2) is 0 Å². The molecule has 0 fully saturated rings. The maximum Gasteiger partial charge on any atom is 0.425 e. The first-order valence-electron chi connectivity index (χ1n) is 5.98. The van der Waals surface area contributed by atoms with Gasteiger partial charge in [-0.1, -0.05) is 17.8 Å². The molecule has 0 bridgehead atoms. The van der Waals surface area contributed by atoms with Crippen LogP contribution in [0.5, 0.6) is 0 Å². The lowest BCUT2D eigenvalue weighted by Crippen LogP contribution is -2.29. The van der Waals surface area contributed by atoms with E-state index in [9.17, 15) is 4.79 Å². The zero-order valence-corrected chi connectivity index (χ0v) is 12.0. The van der Waals surface area contributed by atoms with E-state index in [2.05, 4.69) is 20.6 Å². The fraction of sp³-hybridized carbons (Fsp3) is 0.143. The molecular formula is C14H15N3O2S. The van der Waals surface area contributed by atoms with Crippen molar-refractivity contribution in [2.45, 2.75) is 16.8 Å². The van der Waals surface area contributed by atoms with Crippen molar-refractivity contribution in [2.75, 3.05) is 12.5 Å². The second kappa shape index (κ2) is 6.81. The minimum Gasteiger partial charge on any atom is -0.452 e. The summed E-state index contributed by atoms with van der Waals surface area (Å²) in [4.78, 5) is 16.4. The summed E-state index contributed by atoms with van der Waals surface area (Å²) in [5.41, 5.74) is 7.07. The van der Waals surface area contributed by atoms with Crippen LogP contribution >= 0.6 is 11.8 Å². The van der Waals surface area contributed by atoms with E-state index in [4.69, 9.17) is 0 Å². The zero-order chi connectivity index (χ0) is 14.4. The van der Waals surface area contributed by atoms with Crippen LogP contribution in [0.2, 0.25) is 0 Å². The Kier molecular flexibility index (Phi) is 4.84. The summed E-state index contributed by atoms with van der Waals surface area (Å²) in [6, 6.07) is 11.7. The van der Waals surface area contributed by atoms with Crippen molar-refractivity contribution in [1.82, 2.24) is 10.4 Å². The van der Waals surface area contributed by atoms with Crippen molar-refractivity contribution >= 4 is 23.5 Å². The lowest BCUT2D eigenvalue weighted by atomic mass is 10.2. The van der Waals surface area contributed by atoms with Gasteiger partial charge in [-0.15, -0.1) is 0 Å². The van der Waals surface area contributed by atoms with E-state index in [1.165, 1.54) is 7.11 Å². The molecule has 5 nitrogen and oxygen atoms in total. The van der Waals surface area contributed by atoms with E-state index in [1.807, 2.05) is 43.3 Å². The molecule has 0 aliphatic rings. The Hall–Kier alpha value is -2.21. The number of pyridine rings is 1. The Labute approximate surface area is 121 Å². The van der Waals surface area contributed by atoms with Crippen molar-refractivity contribution in [3.05, 3.63) is 48.2 Å². The molecule has 0 unspecified atom stereocenters. The molecule has 2 aromatic rings. The van der Waals surface area contributed by atoms with Gasteiger partial charge in [-0.2, -0.15) is 0 Å². The van der Waals surface area contributed by atoms with Crippen molar-refractivity contribution in [1.29, 1.82) is 0 Å². The molecule has 0 saturated carbocycles.